The third-order valence-electron chi connectivity index (χ3n) is 1.83. The third kappa shape index (κ3) is 2.15. The number of nitrogens with one attached hydrogen (secondary N) is 1. The number of nitriles is 1. The van der Waals surface area contributed by atoms with Gasteiger partial charge >= 0.3 is 0 Å². The van der Waals surface area contributed by atoms with Crippen LogP contribution in [0.1, 0.15) is 23.5 Å². The molecule has 0 atom stereocenters. The van der Waals surface area contributed by atoms with Crippen LogP contribution in [0, 0.1) is 25.2 Å². The molecule has 0 unspecified atom stereocenters. The molecule has 68 valence electrons. The van der Waals surface area contributed by atoms with Crippen molar-refractivity contribution in [2.45, 2.75) is 26.7 Å². The van der Waals surface area contributed by atoms with E-state index >= 15 is 0 Å². The molecule has 1 aromatic rings. The quantitative estimate of drug-likeness (QED) is 0.727. The minimum absolute atomic E-state index is 0.125. The Morgan fingerprint density at radius 3 is 2.77 bits per heavy atom. The molecule has 0 aliphatic carbocycles. The van der Waals surface area contributed by atoms with Crippen LogP contribution in [0.2, 0.25) is 0 Å². The molecule has 0 aliphatic heterocycles. The molecule has 1 N–H and O–H groups in total. The van der Waals surface area contributed by atoms with E-state index in [-0.39, 0.29) is 5.56 Å². The lowest BCUT2D eigenvalue weighted by Gasteiger charge is -2.01. The van der Waals surface area contributed by atoms with Crippen LogP contribution in [0.4, 0.5) is 0 Å². The predicted octanol–water partition coefficient (Wildman–Crippen LogP) is 0.843. The maximum absolute atomic E-state index is 11.4. The van der Waals surface area contributed by atoms with E-state index in [4.69, 9.17) is 5.26 Å². The van der Waals surface area contributed by atoms with Gasteiger partial charge < -0.3 is 4.98 Å². The van der Waals surface area contributed by atoms with Crippen molar-refractivity contribution in [2.24, 2.45) is 0 Å². The van der Waals surface area contributed by atoms with Gasteiger partial charge in [-0.1, -0.05) is 0 Å². The Bertz CT molecular complexity index is 400. The summed E-state index contributed by atoms with van der Waals surface area (Å²) in [5, 5.41) is 8.38. The first-order valence-electron chi connectivity index (χ1n) is 4.08. The zero-order valence-electron chi connectivity index (χ0n) is 7.72. The van der Waals surface area contributed by atoms with Crippen molar-refractivity contribution in [2.75, 3.05) is 0 Å². The van der Waals surface area contributed by atoms with Crippen molar-refractivity contribution in [3.05, 3.63) is 27.4 Å². The summed E-state index contributed by atoms with van der Waals surface area (Å²) in [7, 11) is 0. The lowest BCUT2D eigenvalue weighted by atomic mass is 10.1. The molecule has 0 bridgehead atoms. The number of aromatic amines is 1. The molecule has 13 heavy (non-hydrogen) atoms. The van der Waals surface area contributed by atoms with Crippen LogP contribution in [-0.2, 0) is 6.42 Å². The fourth-order valence-corrected chi connectivity index (χ4v) is 1.23. The van der Waals surface area contributed by atoms with Crippen molar-refractivity contribution in [3.8, 4) is 6.07 Å². The molecule has 1 rings (SSSR count). The van der Waals surface area contributed by atoms with Crippen molar-refractivity contribution in [1.29, 1.82) is 5.26 Å². The highest BCUT2D eigenvalue weighted by Gasteiger charge is 2.05. The first kappa shape index (κ1) is 9.46. The lowest BCUT2D eigenvalue weighted by molar-refractivity contribution is 0.886. The van der Waals surface area contributed by atoms with Crippen LogP contribution in [0.15, 0.2) is 4.79 Å². The summed E-state index contributed by atoms with van der Waals surface area (Å²) in [6.45, 7) is 3.53. The number of H-pyrrole nitrogens is 1. The second-order valence-corrected chi connectivity index (χ2v) is 2.87. The minimum atomic E-state index is -0.125. The summed E-state index contributed by atoms with van der Waals surface area (Å²) < 4.78 is 0. The van der Waals surface area contributed by atoms with E-state index in [1.807, 2.05) is 6.07 Å². The van der Waals surface area contributed by atoms with E-state index in [0.29, 0.717) is 24.2 Å². The van der Waals surface area contributed by atoms with Gasteiger partial charge in [0, 0.05) is 17.7 Å². The van der Waals surface area contributed by atoms with E-state index < -0.39 is 0 Å². The van der Waals surface area contributed by atoms with Gasteiger partial charge in [-0.05, 0) is 20.3 Å². The number of aryl methyl sites for hydroxylation is 2. The van der Waals surface area contributed by atoms with Gasteiger partial charge in [-0.25, -0.2) is 4.98 Å². The zero-order valence-corrected chi connectivity index (χ0v) is 7.72. The maximum Gasteiger partial charge on any atom is 0.254 e. The molecule has 0 spiro atoms. The van der Waals surface area contributed by atoms with Gasteiger partial charge in [0.15, 0.2) is 0 Å². The molecule has 0 saturated carbocycles. The van der Waals surface area contributed by atoms with Crippen molar-refractivity contribution in [3.63, 3.8) is 0 Å². The molecular weight excluding hydrogens is 166 g/mol. The summed E-state index contributed by atoms with van der Waals surface area (Å²) >= 11 is 0. The molecule has 4 nitrogen and oxygen atoms in total. The highest BCUT2D eigenvalue weighted by Crippen LogP contribution is 2.01. The number of nitrogens with zero attached hydrogens (tertiary/aromatic N) is 2. The molecule has 1 aromatic heterocycles. The minimum Gasteiger partial charge on any atom is -0.311 e. The summed E-state index contributed by atoms with van der Waals surface area (Å²) in [5.74, 6) is 0.614. The molecule has 0 aliphatic rings. The van der Waals surface area contributed by atoms with Gasteiger partial charge in [-0.3, -0.25) is 4.79 Å². The van der Waals surface area contributed by atoms with E-state index in [2.05, 4.69) is 9.97 Å². The molecular formula is C9H11N3O. The Morgan fingerprint density at radius 2 is 2.23 bits per heavy atom. The molecule has 0 fully saturated rings. The Balaban J connectivity index is 3.08. The fourth-order valence-electron chi connectivity index (χ4n) is 1.23. The van der Waals surface area contributed by atoms with E-state index in [1.165, 1.54) is 0 Å². The predicted molar refractivity (Wildman–Crippen MR) is 48.3 cm³/mol. The second-order valence-electron chi connectivity index (χ2n) is 2.87. The molecule has 0 radical (unpaired) electrons. The summed E-state index contributed by atoms with van der Waals surface area (Å²) in [5.41, 5.74) is 1.21. The smallest absolute Gasteiger partial charge is 0.254 e. The highest BCUT2D eigenvalue weighted by molar-refractivity contribution is 5.16. The normalized spacial score (nSPS) is 9.62. The van der Waals surface area contributed by atoms with Crippen molar-refractivity contribution in [1.82, 2.24) is 9.97 Å². The number of hydrogen-bond acceptors (Lipinski definition) is 3. The molecule has 4 heteroatoms. The average molecular weight is 177 g/mol. The molecule has 0 aromatic carbocycles. The van der Waals surface area contributed by atoms with Gasteiger partial charge in [0.25, 0.3) is 5.56 Å². The van der Waals surface area contributed by atoms with E-state index in [1.54, 1.807) is 13.8 Å². The number of hydrogen-bond donors (Lipinski definition) is 1. The first-order valence-corrected chi connectivity index (χ1v) is 4.08. The van der Waals surface area contributed by atoms with E-state index in [9.17, 15) is 4.79 Å². The average Bonchev–Trinajstić information content (AvgIpc) is 2.02. The summed E-state index contributed by atoms with van der Waals surface area (Å²) in [4.78, 5) is 18.1. The Kier molecular flexibility index (Phi) is 2.80. The second kappa shape index (κ2) is 3.85. The summed E-state index contributed by atoms with van der Waals surface area (Å²) in [6, 6.07) is 2.00. The molecule has 0 amide bonds. The van der Waals surface area contributed by atoms with Gasteiger partial charge in [0.05, 0.1) is 6.07 Å². The standard InChI is InChI=1S/C9H11N3O/c1-6-8(4-3-5-10)9(13)12-7(2)11-6/h3-4H2,1-2H3,(H,11,12,13). The topological polar surface area (TPSA) is 69.5 Å². The zero-order chi connectivity index (χ0) is 9.84. The van der Waals surface area contributed by atoms with Crippen LogP contribution >= 0.6 is 0 Å². The van der Waals surface area contributed by atoms with Crippen molar-refractivity contribution < 1.29 is 0 Å². The van der Waals surface area contributed by atoms with E-state index in [0.717, 1.165) is 5.69 Å². The number of aromatic nitrogens is 2. The SMILES string of the molecule is Cc1nc(C)c(CCC#N)c(=O)[nH]1. The molecule has 0 saturated heterocycles. The maximum atomic E-state index is 11.4. The summed E-state index contributed by atoms with van der Waals surface area (Å²) in [6.07, 6.45) is 0.833. The Labute approximate surface area is 76.2 Å². The van der Waals surface area contributed by atoms with Crippen LogP contribution in [0.5, 0.6) is 0 Å². The largest absolute Gasteiger partial charge is 0.311 e. The lowest BCUT2D eigenvalue weighted by Crippen LogP contribution is -2.17. The number of rotatable bonds is 2. The molecule has 1 heterocycles. The monoisotopic (exact) mass is 177 g/mol. The first-order chi connectivity index (χ1) is 6.15. The fraction of sp³-hybridized carbons (Fsp3) is 0.444. The Hall–Kier alpha value is -1.63. The van der Waals surface area contributed by atoms with Gasteiger partial charge in [-0.15, -0.1) is 0 Å². The van der Waals surface area contributed by atoms with Crippen LogP contribution in [-0.4, -0.2) is 9.97 Å². The van der Waals surface area contributed by atoms with Gasteiger partial charge in [-0.2, -0.15) is 5.26 Å². The van der Waals surface area contributed by atoms with Crippen LogP contribution < -0.4 is 5.56 Å². The van der Waals surface area contributed by atoms with Gasteiger partial charge in [0.2, 0.25) is 0 Å². The third-order valence-corrected chi connectivity index (χ3v) is 1.83. The van der Waals surface area contributed by atoms with Crippen LogP contribution in [0.25, 0.3) is 0 Å². The highest BCUT2D eigenvalue weighted by atomic mass is 16.1. The van der Waals surface area contributed by atoms with Crippen molar-refractivity contribution >= 4 is 0 Å². The van der Waals surface area contributed by atoms with Gasteiger partial charge in [0.1, 0.15) is 5.82 Å². The van der Waals surface area contributed by atoms with Crippen LogP contribution in [0.3, 0.4) is 0 Å². The Morgan fingerprint density at radius 1 is 1.54 bits per heavy atom.